The summed E-state index contributed by atoms with van der Waals surface area (Å²) >= 11 is 0. The van der Waals surface area contributed by atoms with E-state index in [4.69, 9.17) is 5.11 Å². The van der Waals surface area contributed by atoms with Crippen LogP contribution in [0.2, 0.25) is 0 Å². The van der Waals surface area contributed by atoms with Gasteiger partial charge >= 0.3 is 5.97 Å². The van der Waals surface area contributed by atoms with E-state index < -0.39 is 15.8 Å². The first-order chi connectivity index (χ1) is 8.94. The molecule has 0 aliphatic heterocycles. The van der Waals surface area contributed by atoms with Gasteiger partial charge in [-0.15, -0.1) is 0 Å². The van der Waals surface area contributed by atoms with Crippen LogP contribution in [0.1, 0.15) is 13.3 Å². The minimum absolute atomic E-state index is 0.0128. The highest BCUT2D eigenvalue weighted by Crippen LogP contribution is 2.13. The number of hydrogen-bond donors (Lipinski definition) is 1. The lowest BCUT2D eigenvalue weighted by Crippen LogP contribution is -2.31. The second kappa shape index (κ2) is 7.13. The van der Waals surface area contributed by atoms with Gasteiger partial charge in [0.25, 0.3) is 0 Å². The number of carboxylic acids is 1. The van der Waals surface area contributed by atoms with E-state index in [1.54, 1.807) is 11.8 Å². The van der Waals surface area contributed by atoms with Crippen LogP contribution >= 0.6 is 0 Å². The van der Waals surface area contributed by atoms with Crippen LogP contribution in [0.3, 0.4) is 0 Å². The summed E-state index contributed by atoms with van der Waals surface area (Å²) in [5, 5.41) is 8.74. The van der Waals surface area contributed by atoms with E-state index in [9.17, 15) is 13.2 Å². The van der Waals surface area contributed by atoms with Crippen LogP contribution in [0, 0.1) is 0 Å². The monoisotopic (exact) mass is 285 g/mol. The molecular formula is C13H19NO4S. The number of sulfone groups is 1. The summed E-state index contributed by atoms with van der Waals surface area (Å²) in [7, 11) is -3.05. The number of carbonyl (C=O) groups is 1. The quantitative estimate of drug-likeness (QED) is 0.781. The molecule has 1 rings (SSSR count). The van der Waals surface area contributed by atoms with Crippen LogP contribution < -0.4 is 4.90 Å². The molecule has 0 amide bonds. The fourth-order valence-electron chi connectivity index (χ4n) is 1.63. The molecule has 1 aromatic carbocycles. The number of para-hydroxylation sites is 1. The molecule has 0 unspecified atom stereocenters. The third-order valence-electron chi connectivity index (χ3n) is 2.83. The summed E-state index contributed by atoms with van der Waals surface area (Å²) in [4.78, 5) is 12.4. The Kier molecular flexibility index (Phi) is 5.82. The summed E-state index contributed by atoms with van der Waals surface area (Å²) in [5.74, 6) is -0.744. The molecule has 1 N–H and O–H groups in total. The number of nitrogens with zero attached hydrogens (tertiary/aromatic N) is 1. The first kappa shape index (κ1) is 15.5. The predicted molar refractivity (Wildman–Crippen MR) is 75.2 cm³/mol. The molecule has 19 heavy (non-hydrogen) atoms. The lowest BCUT2D eigenvalue weighted by atomic mass is 10.2. The summed E-state index contributed by atoms with van der Waals surface area (Å²) in [6.45, 7) is 2.23. The van der Waals surface area contributed by atoms with Gasteiger partial charge in [0.05, 0.1) is 12.2 Å². The van der Waals surface area contributed by atoms with Gasteiger partial charge < -0.3 is 10.0 Å². The number of benzene rings is 1. The number of rotatable bonds is 8. The van der Waals surface area contributed by atoms with Crippen LogP contribution in [0.4, 0.5) is 5.69 Å². The van der Waals surface area contributed by atoms with Crippen molar-refractivity contribution in [3.05, 3.63) is 30.3 Å². The molecule has 0 atom stereocenters. The van der Waals surface area contributed by atoms with Crippen molar-refractivity contribution < 1.29 is 18.3 Å². The van der Waals surface area contributed by atoms with Gasteiger partial charge in [-0.2, -0.15) is 0 Å². The Labute approximate surface area is 113 Å². The maximum Gasteiger partial charge on any atom is 0.305 e. The van der Waals surface area contributed by atoms with Crippen molar-refractivity contribution >= 4 is 21.5 Å². The fourth-order valence-corrected chi connectivity index (χ4v) is 2.42. The lowest BCUT2D eigenvalue weighted by Gasteiger charge is -2.24. The molecule has 0 saturated carbocycles. The lowest BCUT2D eigenvalue weighted by molar-refractivity contribution is -0.136. The molecule has 5 nitrogen and oxygen atoms in total. The summed E-state index contributed by atoms with van der Waals surface area (Å²) < 4.78 is 23.1. The van der Waals surface area contributed by atoms with Crippen LogP contribution in [0.5, 0.6) is 0 Å². The molecule has 0 saturated heterocycles. The first-order valence-electron chi connectivity index (χ1n) is 6.17. The van der Waals surface area contributed by atoms with E-state index in [0.29, 0.717) is 13.1 Å². The normalized spacial score (nSPS) is 11.2. The van der Waals surface area contributed by atoms with Gasteiger partial charge in [0.15, 0.2) is 9.84 Å². The number of anilines is 1. The number of hydrogen-bond acceptors (Lipinski definition) is 4. The molecular weight excluding hydrogens is 266 g/mol. The maximum absolute atomic E-state index is 11.5. The van der Waals surface area contributed by atoms with Crippen LogP contribution in [0.25, 0.3) is 0 Å². The van der Waals surface area contributed by atoms with Gasteiger partial charge in [-0.05, 0) is 12.1 Å². The molecule has 0 aliphatic rings. The zero-order valence-corrected chi connectivity index (χ0v) is 11.8. The molecule has 0 radical (unpaired) electrons. The van der Waals surface area contributed by atoms with Crippen molar-refractivity contribution in [2.75, 3.05) is 29.5 Å². The van der Waals surface area contributed by atoms with E-state index in [1.165, 1.54) is 0 Å². The predicted octanol–water partition coefficient (Wildman–Crippen LogP) is 1.40. The Morgan fingerprint density at radius 1 is 1.21 bits per heavy atom. The van der Waals surface area contributed by atoms with Gasteiger partial charge in [0.2, 0.25) is 0 Å². The van der Waals surface area contributed by atoms with Gasteiger partial charge in [0.1, 0.15) is 0 Å². The molecule has 0 heterocycles. The van der Waals surface area contributed by atoms with Crippen molar-refractivity contribution in [3.63, 3.8) is 0 Å². The smallest absolute Gasteiger partial charge is 0.305 e. The molecule has 6 heteroatoms. The summed E-state index contributed by atoms with van der Waals surface area (Å²) in [5.41, 5.74) is 0.843. The average molecular weight is 285 g/mol. The van der Waals surface area contributed by atoms with Crippen molar-refractivity contribution in [1.82, 2.24) is 0 Å². The largest absolute Gasteiger partial charge is 0.481 e. The highest BCUT2D eigenvalue weighted by Gasteiger charge is 2.13. The third kappa shape index (κ3) is 5.74. The Hall–Kier alpha value is -1.56. The van der Waals surface area contributed by atoms with E-state index in [-0.39, 0.29) is 17.9 Å². The molecule has 0 spiro atoms. The summed E-state index contributed by atoms with van der Waals surface area (Å²) in [6.07, 6.45) is -0.0128. The molecule has 1 aromatic rings. The highest BCUT2D eigenvalue weighted by molar-refractivity contribution is 7.91. The molecule has 0 aliphatic carbocycles. The fraction of sp³-hybridized carbons (Fsp3) is 0.462. The minimum atomic E-state index is -3.05. The van der Waals surface area contributed by atoms with Crippen LogP contribution in [-0.4, -0.2) is 44.1 Å². The number of carboxylic acid groups (broad SMARTS) is 1. The zero-order chi connectivity index (χ0) is 14.3. The Balaban J connectivity index is 2.73. The first-order valence-corrected chi connectivity index (χ1v) is 7.99. The Morgan fingerprint density at radius 3 is 2.37 bits per heavy atom. The van der Waals surface area contributed by atoms with Crippen molar-refractivity contribution in [3.8, 4) is 0 Å². The Bertz CT molecular complexity index is 499. The van der Waals surface area contributed by atoms with E-state index >= 15 is 0 Å². The van der Waals surface area contributed by atoms with Gasteiger partial charge in [0, 0.05) is 24.5 Å². The van der Waals surface area contributed by atoms with Crippen LogP contribution in [0.15, 0.2) is 30.3 Å². The van der Waals surface area contributed by atoms with Gasteiger partial charge in [-0.3, -0.25) is 4.79 Å². The molecule has 0 fully saturated rings. The molecule has 0 aromatic heterocycles. The van der Waals surface area contributed by atoms with Crippen molar-refractivity contribution in [2.45, 2.75) is 13.3 Å². The standard InChI is InChI=1S/C13H19NO4S/c1-2-19(17,18)11-10-14(9-8-13(15)16)12-6-4-3-5-7-12/h3-7H,2,8-11H2,1H3,(H,15,16). The Morgan fingerprint density at radius 2 is 1.84 bits per heavy atom. The van der Waals surface area contributed by atoms with Gasteiger partial charge in [-0.25, -0.2) is 8.42 Å². The van der Waals surface area contributed by atoms with E-state index in [2.05, 4.69) is 0 Å². The maximum atomic E-state index is 11.5. The van der Waals surface area contributed by atoms with E-state index in [0.717, 1.165) is 5.69 Å². The average Bonchev–Trinajstić information content (AvgIpc) is 2.39. The minimum Gasteiger partial charge on any atom is -0.481 e. The SMILES string of the molecule is CCS(=O)(=O)CCN(CCC(=O)O)c1ccccc1. The number of aliphatic carboxylic acids is 1. The van der Waals surface area contributed by atoms with E-state index in [1.807, 2.05) is 30.3 Å². The second-order valence-corrected chi connectivity index (χ2v) is 6.68. The second-order valence-electron chi connectivity index (χ2n) is 4.20. The topological polar surface area (TPSA) is 74.7 Å². The highest BCUT2D eigenvalue weighted by atomic mass is 32.2. The van der Waals surface area contributed by atoms with Crippen molar-refractivity contribution in [2.24, 2.45) is 0 Å². The molecule has 106 valence electrons. The summed E-state index contributed by atoms with van der Waals surface area (Å²) in [6, 6.07) is 9.25. The van der Waals surface area contributed by atoms with Gasteiger partial charge in [-0.1, -0.05) is 25.1 Å². The molecule has 0 bridgehead atoms. The zero-order valence-electron chi connectivity index (χ0n) is 10.9. The third-order valence-corrected chi connectivity index (χ3v) is 4.51. The van der Waals surface area contributed by atoms with Crippen molar-refractivity contribution in [1.29, 1.82) is 0 Å². The van der Waals surface area contributed by atoms with Crippen LogP contribution in [-0.2, 0) is 14.6 Å².